The second-order valence-corrected chi connectivity index (χ2v) is 6.83. The summed E-state index contributed by atoms with van der Waals surface area (Å²) in [5.41, 5.74) is 3.84. The van der Waals surface area contributed by atoms with Crippen LogP contribution in [0.2, 0.25) is 5.02 Å². The number of methoxy groups -OCH3 is 1. The largest absolute Gasteiger partial charge is 0.465 e. The van der Waals surface area contributed by atoms with Crippen LogP contribution in [0.4, 0.5) is 5.69 Å². The zero-order valence-corrected chi connectivity index (χ0v) is 16.2. The number of carbonyl (C=O) groups excluding carboxylic acids is 2. The van der Waals surface area contributed by atoms with Crippen molar-refractivity contribution in [3.8, 4) is 0 Å². The molecular formula is C23H20ClNO3. The number of anilines is 1. The van der Waals surface area contributed by atoms with E-state index in [0.717, 1.165) is 17.5 Å². The molecule has 3 rings (SSSR count). The molecule has 0 bridgehead atoms. The van der Waals surface area contributed by atoms with Crippen LogP contribution >= 0.6 is 11.6 Å². The highest BCUT2D eigenvalue weighted by atomic mass is 35.5. The zero-order valence-electron chi connectivity index (χ0n) is 15.4. The Morgan fingerprint density at radius 3 is 2.36 bits per heavy atom. The third-order valence-corrected chi connectivity index (χ3v) is 4.50. The quantitative estimate of drug-likeness (QED) is 0.606. The molecule has 3 aromatic carbocycles. The van der Waals surface area contributed by atoms with E-state index in [1.165, 1.54) is 24.8 Å². The molecule has 0 spiro atoms. The number of halogens is 1. The van der Waals surface area contributed by atoms with Crippen molar-refractivity contribution in [2.45, 2.75) is 12.8 Å². The zero-order chi connectivity index (χ0) is 19.9. The van der Waals surface area contributed by atoms with Gasteiger partial charge in [-0.2, -0.15) is 0 Å². The third kappa shape index (κ3) is 5.21. The van der Waals surface area contributed by atoms with Crippen molar-refractivity contribution in [1.29, 1.82) is 0 Å². The van der Waals surface area contributed by atoms with Crippen LogP contribution < -0.4 is 5.32 Å². The van der Waals surface area contributed by atoms with Gasteiger partial charge in [0.1, 0.15) is 0 Å². The Kier molecular flexibility index (Phi) is 6.45. The van der Waals surface area contributed by atoms with E-state index in [1.54, 1.807) is 6.07 Å². The summed E-state index contributed by atoms with van der Waals surface area (Å²) in [6, 6.07) is 22.7. The van der Waals surface area contributed by atoms with Gasteiger partial charge >= 0.3 is 5.97 Å². The fourth-order valence-electron chi connectivity index (χ4n) is 2.97. The second kappa shape index (κ2) is 9.20. The van der Waals surface area contributed by atoms with Gasteiger partial charge in [0.05, 0.1) is 24.8 Å². The number of esters is 1. The predicted molar refractivity (Wildman–Crippen MR) is 111 cm³/mol. The van der Waals surface area contributed by atoms with E-state index in [4.69, 9.17) is 16.3 Å². The fourth-order valence-corrected chi connectivity index (χ4v) is 3.14. The molecule has 28 heavy (non-hydrogen) atoms. The van der Waals surface area contributed by atoms with Crippen molar-refractivity contribution in [2.75, 3.05) is 12.4 Å². The lowest BCUT2D eigenvalue weighted by Gasteiger charge is -2.11. The standard InChI is InChI=1S/C23H20ClNO3/c1-28-23(27)20-11-10-19(24)15-21(20)25-22(26)14-18-9-5-8-17(13-18)12-16-6-3-2-4-7-16/h2-11,13,15H,12,14H2,1H3,(H,25,26). The van der Waals surface area contributed by atoms with Gasteiger partial charge < -0.3 is 10.1 Å². The molecule has 4 nitrogen and oxygen atoms in total. The van der Waals surface area contributed by atoms with Gasteiger partial charge in [-0.05, 0) is 41.3 Å². The first-order valence-electron chi connectivity index (χ1n) is 8.84. The Labute approximate surface area is 169 Å². The number of rotatable bonds is 6. The third-order valence-electron chi connectivity index (χ3n) is 4.27. The number of hydrogen-bond acceptors (Lipinski definition) is 3. The lowest BCUT2D eigenvalue weighted by atomic mass is 10.0. The second-order valence-electron chi connectivity index (χ2n) is 6.39. The van der Waals surface area contributed by atoms with E-state index in [-0.39, 0.29) is 17.9 Å². The first-order chi connectivity index (χ1) is 13.5. The van der Waals surface area contributed by atoms with Crippen molar-refractivity contribution in [3.63, 3.8) is 0 Å². The molecule has 142 valence electrons. The molecule has 5 heteroatoms. The van der Waals surface area contributed by atoms with Crippen molar-refractivity contribution >= 4 is 29.2 Å². The molecule has 0 unspecified atom stereocenters. The van der Waals surface area contributed by atoms with Crippen LogP contribution in [0.3, 0.4) is 0 Å². The molecule has 1 amide bonds. The molecule has 0 aliphatic rings. The van der Waals surface area contributed by atoms with Crippen molar-refractivity contribution in [3.05, 3.63) is 100 Å². The Bertz CT molecular complexity index is 986. The first-order valence-corrected chi connectivity index (χ1v) is 9.22. The molecule has 0 saturated carbocycles. The summed E-state index contributed by atoms with van der Waals surface area (Å²) in [5, 5.41) is 3.18. The summed E-state index contributed by atoms with van der Waals surface area (Å²) in [5.74, 6) is -0.763. The molecule has 1 N–H and O–H groups in total. The van der Waals surface area contributed by atoms with Crippen LogP contribution in [-0.2, 0) is 22.4 Å². The summed E-state index contributed by atoms with van der Waals surface area (Å²) in [6.07, 6.45) is 0.993. The summed E-state index contributed by atoms with van der Waals surface area (Å²) >= 11 is 6.00. The average Bonchev–Trinajstić information content (AvgIpc) is 2.68. The number of amides is 1. The highest BCUT2D eigenvalue weighted by molar-refractivity contribution is 6.31. The molecule has 0 aliphatic heterocycles. The van der Waals surface area contributed by atoms with E-state index in [9.17, 15) is 9.59 Å². The molecule has 0 fully saturated rings. The van der Waals surface area contributed by atoms with Gasteiger partial charge in [-0.15, -0.1) is 0 Å². The van der Waals surface area contributed by atoms with E-state index in [0.29, 0.717) is 10.7 Å². The molecule has 0 radical (unpaired) electrons. The maximum Gasteiger partial charge on any atom is 0.339 e. The van der Waals surface area contributed by atoms with Crippen molar-refractivity contribution in [2.24, 2.45) is 0 Å². The summed E-state index contributed by atoms with van der Waals surface area (Å²) in [6.45, 7) is 0. The van der Waals surface area contributed by atoms with Crippen LogP contribution in [0.15, 0.2) is 72.8 Å². The maximum absolute atomic E-state index is 12.5. The van der Waals surface area contributed by atoms with Gasteiger partial charge in [0.15, 0.2) is 0 Å². The van der Waals surface area contributed by atoms with Gasteiger partial charge in [0.2, 0.25) is 5.91 Å². The minimum Gasteiger partial charge on any atom is -0.465 e. The summed E-state index contributed by atoms with van der Waals surface area (Å²) in [7, 11) is 1.29. The van der Waals surface area contributed by atoms with Gasteiger partial charge in [0, 0.05) is 5.02 Å². The first kappa shape index (κ1) is 19.6. The van der Waals surface area contributed by atoms with Gasteiger partial charge in [-0.3, -0.25) is 4.79 Å². The molecule has 0 atom stereocenters. The van der Waals surface area contributed by atoms with E-state index in [2.05, 4.69) is 17.4 Å². The smallest absolute Gasteiger partial charge is 0.339 e. The lowest BCUT2D eigenvalue weighted by molar-refractivity contribution is -0.115. The number of carbonyl (C=O) groups is 2. The Morgan fingerprint density at radius 1 is 0.893 bits per heavy atom. The lowest BCUT2D eigenvalue weighted by Crippen LogP contribution is -2.17. The molecular weight excluding hydrogens is 374 g/mol. The van der Waals surface area contributed by atoms with Crippen molar-refractivity contribution < 1.29 is 14.3 Å². The number of benzene rings is 3. The van der Waals surface area contributed by atoms with E-state index >= 15 is 0 Å². The summed E-state index contributed by atoms with van der Waals surface area (Å²) < 4.78 is 4.76. The topological polar surface area (TPSA) is 55.4 Å². The average molecular weight is 394 g/mol. The van der Waals surface area contributed by atoms with Crippen LogP contribution in [0, 0.1) is 0 Å². The fraction of sp³-hybridized carbons (Fsp3) is 0.130. The predicted octanol–water partition coefficient (Wildman–Crippen LogP) is 4.90. The van der Waals surface area contributed by atoms with Gasteiger partial charge in [-0.25, -0.2) is 4.79 Å². The highest BCUT2D eigenvalue weighted by Crippen LogP contribution is 2.22. The maximum atomic E-state index is 12.5. The number of nitrogens with one attached hydrogen (secondary N) is 1. The summed E-state index contributed by atoms with van der Waals surface area (Å²) in [4.78, 5) is 24.4. The molecule has 0 aliphatic carbocycles. The molecule has 3 aromatic rings. The van der Waals surface area contributed by atoms with Crippen molar-refractivity contribution in [1.82, 2.24) is 0 Å². The number of ether oxygens (including phenoxy) is 1. The van der Waals surface area contributed by atoms with E-state index < -0.39 is 5.97 Å². The van der Waals surface area contributed by atoms with Crippen LogP contribution in [0.5, 0.6) is 0 Å². The molecule has 0 aromatic heterocycles. The van der Waals surface area contributed by atoms with Crippen LogP contribution in [0.1, 0.15) is 27.0 Å². The Morgan fingerprint density at radius 2 is 1.61 bits per heavy atom. The number of hydrogen-bond donors (Lipinski definition) is 1. The Balaban J connectivity index is 1.71. The highest BCUT2D eigenvalue weighted by Gasteiger charge is 2.15. The minimum atomic E-state index is -0.531. The van der Waals surface area contributed by atoms with Gasteiger partial charge in [-0.1, -0.05) is 66.2 Å². The Hall–Kier alpha value is -3.11. The van der Waals surface area contributed by atoms with E-state index in [1.807, 2.05) is 42.5 Å². The van der Waals surface area contributed by atoms with Crippen LogP contribution in [0.25, 0.3) is 0 Å². The molecule has 0 heterocycles. The molecule has 0 saturated heterocycles. The SMILES string of the molecule is COC(=O)c1ccc(Cl)cc1NC(=O)Cc1cccc(Cc2ccccc2)c1. The monoisotopic (exact) mass is 393 g/mol. The minimum absolute atomic E-state index is 0.190. The van der Waals surface area contributed by atoms with Gasteiger partial charge in [0.25, 0.3) is 0 Å². The van der Waals surface area contributed by atoms with Crippen LogP contribution in [-0.4, -0.2) is 19.0 Å². The normalized spacial score (nSPS) is 10.4.